The van der Waals surface area contributed by atoms with Crippen LogP contribution in [0.15, 0.2) is 23.1 Å². The lowest BCUT2D eigenvalue weighted by Crippen LogP contribution is -2.17. The zero-order valence-electron chi connectivity index (χ0n) is 7.26. The largest absolute Gasteiger partial charge is 0.327 e. The first-order chi connectivity index (χ1) is 6.11. The number of rotatable bonds is 3. The minimum atomic E-state index is 0.150. The molecule has 0 radical (unpaired) electrons. The topological polar surface area (TPSA) is 26.0 Å². The van der Waals surface area contributed by atoms with Crippen LogP contribution in [-0.2, 0) is 0 Å². The van der Waals surface area contributed by atoms with Gasteiger partial charge < -0.3 is 5.73 Å². The van der Waals surface area contributed by atoms with Crippen molar-refractivity contribution in [2.75, 3.05) is 5.75 Å². The molecule has 0 heterocycles. The van der Waals surface area contributed by atoms with Crippen molar-refractivity contribution in [2.45, 2.75) is 17.9 Å². The highest BCUT2D eigenvalue weighted by Crippen LogP contribution is 2.33. The fraction of sp³-hybridized carbons (Fsp3) is 0.333. The Morgan fingerprint density at radius 3 is 2.38 bits per heavy atom. The second-order valence-corrected chi connectivity index (χ2v) is 4.68. The lowest BCUT2D eigenvalue weighted by atomic mass is 10.4. The smallest absolute Gasteiger partial charge is 0.0556 e. The monoisotopic (exact) mass is 235 g/mol. The lowest BCUT2D eigenvalue weighted by Gasteiger charge is -2.07. The van der Waals surface area contributed by atoms with Gasteiger partial charge in [-0.25, -0.2) is 0 Å². The summed E-state index contributed by atoms with van der Waals surface area (Å²) in [5.41, 5.74) is 5.63. The van der Waals surface area contributed by atoms with E-state index in [1.165, 1.54) is 0 Å². The van der Waals surface area contributed by atoms with Crippen molar-refractivity contribution in [3.8, 4) is 0 Å². The van der Waals surface area contributed by atoms with Gasteiger partial charge >= 0.3 is 0 Å². The average Bonchev–Trinajstić information content (AvgIpc) is 2.03. The molecule has 4 heteroatoms. The van der Waals surface area contributed by atoms with Gasteiger partial charge in [-0.1, -0.05) is 29.3 Å². The average molecular weight is 236 g/mol. The van der Waals surface area contributed by atoms with Crippen LogP contribution in [-0.4, -0.2) is 11.8 Å². The Morgan fingerprint density at radius 2 is 1.92 bits per heavy atom. The zero-order valence-corrected chi connectivity index (χ0v) is 9.59. The van der Waals surface area contributed by atoms with Crippen molar-refractivity contribution in [1.82, 2.24) is 0 Å². The third-order valence-electron chi connectivity index (χ3n) is 1.41. The molecule has 0 aliphatic rings. The maximum Gasteiger partial charge on any atom is 0.0556 e. The first-order valence-corrected chi connectivity index (χ1v) is 5.68. The molecule has 13 heavy (non-hydrogen) atoms. The van der Waals surface area contributed by atoms with Gasteiger partial charge in [0.15, 0.2) is 0 Å². The van der Waals surface area contributed by atoms with E-state index in [0.717, 1.165) is 10.6 Å². The molecule has 0 fully saturated rings. The van der Waals surface area contributed by atoms with E-state index in [-0.39, 0.29) is 6.04 Å². The summed E-state index contributed by atoms with van der Waals surface area (Å²) in [4.78, 5) is 0.920. The number of halogens is 2. The molecule has 72 valence electrons. The summed E-state index contributed by atoms with van der Waals surface area (Å²) in [6.45, 7) is 1.96. The predicted octanol–water partition coefficient (Wildman–Crippen LogP) is 3.43. The van der Waals surface area contributed by atoms with E-state index < -0.39 is 0 Å². The Labute approximate surface area is 92.6 Å². The summed E-state index contributed by atoms with van der Waals surface area (Å²) in [5.74, 6) is 0.823. The summed E-state index contributed by atoms with van der Waals surface area (Å²) in [7, 11) is 0. The highest BCUT2D eigenvalue weighted by atomic mass is 35.5. The Hall–Kier alpha value is 0.110. The molecule has 1 atom stereocenters. The van der Waals surface area contributed by atoms with E-state index in [4.69, 9.17) is 28.9 Å². The van der Waals surface area contributed by atoms with Gasteiger partial charge in [0.2, 0.25) is 0 Å². The van der Waals surface area contributed by atoms with Gasteiger partial charge in [-0.05, 0) is 19.1 Å². The van der Waals surface area contributed by atoms with Crippen molar-refractivity contribution in [3.63, 3.8) is 0 Å². The summed E-state index contributed by atoms with van der Waals surface area (Å²) >= 11 is 13.5. The molecule has 1 rings (SSSR count). The van der Waals surface area contributed by atoms with E-state index in [2.05, 4.69) is 0 Å². The molecule has 0 aliphatic heterocycles. The Morgan fingerprint density at radius 1 is 1.38 bits per heavy atom. The number of hydrogen-bond donors (Lipinski definition) is 1. The van der Waals surface area contributed by atoms with Crippen LogP contribution in [0.2, 0.25) is 10.0 Å². The molecule has 0 saturated heterocycles. The molecule has 1 aromatic rings. The van der Waals surface area contributed by atoms with Gasteiger partial charge in [-0.3, -0.25) is 0 Å². The summed E-state index contributed by atoms with van der Waals surface area (Å²) < 4.78 is 0. The molecule has 1 nitrogen and oxygen atoms in total. The fourth-order valence-electron chi connectivity index (χ4n) is 0.835. The van der Waals surface area contributed by atoms with Crippen LogP contribution >= 0.6 is 35.0 Å². The molecule has 0 aliphatic carbocycles. The standard InChI is InChI=1S/C9H11Cl2NS/c1-6(12)5-13-9-7(10)3-2-4-8(9)11/h2-4,6H,5,12H2,1H3. The van der Waals surface area contributed by atoms with E-state index in [1.54, 1.807) is 11.8 Å². The molecule has 1 aromatic carbocycles. The van der Waals surface area contributed by atoms with Crippen LogP contribution in [0, 0.1) is 0 Å². The lowest BCUT2D eigenvalue weighted by molar-refractivity contribution is 0.847. The van der Waals surface area contributed by atoms with E-state index in [0.29, 0.717) is 10.0 Å². The zero-order chi connectivity index (χ0) is 9.84. The van der Waals surface area contributed by atoms with Crippen LogP contribution in [0.1, 0.15) is 6.92 Å². The Balaban J connectivity index is 2.75. The second-order valence-electron chi connectivity index (χ2n) is 2.84. The fourth-order valence-corrected chi connectivity index (χ4v) is 2.40. The molecule has 1 unspecified atom stereocenters. The van der Waals surface area contributed by atoms with Gasteiger partial charge in [0.25, 0.3) is 0 Å². The molecule has 0 spiro atoms. The second kappa shape index (κ2) is 5.11. The van der Waals surface area contributed by atoms with Crippen molar-refractivity contribution in [2.24, 2.45) is 5.73 Å². The molecule has 0 bridgehead atoms. The van der Waals surface area contributed by atoms with Crippen LogP contribution in [0.5, 0.6) is 0 Å². The quantitative estimate of drug-likeness (QED) is 0.813. The third kappa shape index (κ3) is 3.39. The van der Waals surface area contributed by atoms with Crippen molar-refractivity contribution in [3.05, 3.63) is 28.2 Å². The summed E-state index contributed by atoms with van der Waals surface area (Å²) in [6, 6.07) is 5.64. The number of thioether (sulfide) groups is 1. The van der Waals surface area contributed by atoms with Crippen LogP contribution in [0.25, 0.3) is 0 Å². The van der Waals surface area contributed by atoms with Crippen LogP contribution in [0.3, 0.4) is 0 Å². The summed E-state index contributed by atoms with van der Waals surface area (Å²) in [6.07, 6.45) is 0. The minimum Gasteiger partial charge on any atom is -0.327 e. The van der Waals surface area contributed by atoms with Crippen molar-refractivity contribution < 1.29 is 0 Å². The van der Waals surface area contributed by atoms with Gasteiger partial charge in [0.05, 0.1) is 10.0 Å². The molecular formula is C9H11Cl2NS. The maximum absolute atomic E-state index is 5.97. The molecule has 0 saturated carbocycles. The number of hydrogen-bond acceptors (Lipinski definition) is 2. The number of benzene rings is 1. The molecule has 2 N–H and O–H groups in total. The van der Waals surface area contributed by atoms with Gasteiger partial charge in [-0.15, -0.1) is 11.8 Å². The highest BCUT2D eigenvalue weighted by Gasteiger charge is 2.06. The Bertz CT molecular complexity index is 269. The van der Waals surface area contributed by atoms with Crippen molar-refractivity contribution in [1.29, 1.82) is 0 Å². The van der Waals surface area contributed by atoms with Crippen LogP contribution < -0.4 is 5.73 Å². The maximum atomic E-state index is 5.97. The Kier molecular flexibility index (Phi) is 4.39. The van der Waals surface area contributed by atoms with Crippen molar-refractivity contribution >= 4 is 35.0 Å². The first kappa shape index (κ1) is 11.2. The van der Waals surface area contributed by atoms with Gasteiger partial charge in [0.1, 0.15) is 0 Å². The van der Waals surface area contributed by atoms with Crippen LogP contribution in [0.4, 0.5) is 0 Å². The minimum absolute atomic E-state index is 0.150. The first-order valence-electron chi connectivity index (χ1n) is 3.93. The van der Waals surface area contributed by atoms with E-state index in [1.807, 2.05) is 25.1 Å². The molecular weight excluding hydrogens is 225 g/mol. The van der Waals surface area contributed by atoms with E-state index in [9.17, 15) is 0 Å². The normalized spacial score (nSPS) is 12.9. The molecule has 0 amide bonds. The summed E-state index contributed by atoms with van der Waals surface area (Å²) in [5, 5.41) is 1.39. The number of nitrogens with two attached hydrogens (primary N) is 1. The van der Waals surface area contributed by atoms with Gasteiger partial charge in [-0.2, -0.15) is 0 Å². The highest BCUT2D eigenvalue weighted by molar-refractivity contribution is 7.99. The predicted molar refractivity (Wildman–Crippen MR) is 60.8 cm³/mol. The van der Waals surface area contributed by atoms with Gasteiger partial charge in [0, 0.05) is 16.7 Å². The SMILES string of the molecule is CC(N)CSc1c(Cl)cccc1Cl. The molecule has 0 aromatic heterocycles. The third-order valence-corrected chi connectivity index (χ3v) is 3.68. The van der Waals surface area contributed by atoms with E-state index >= 15 is 0 Å².